The molecule has 0 bridgehead atoms. The van der Waals surface area contributed by atoms with Crippen molar-refractivity contribution in [3.8, 4) is 5.75 Å². The van der Waals surface area contributed by atoms with Crippen LogP contribution < -0.4 is 10.1 Å². The highest BCUT2D eigenvalue weighted by molar-refractivity contribution is 9.11. The van der Waals surface area contributed by atoms with Crippen molar-refractivity contribution in [1.82, 2.24) is 10.2 Å². The molecule has 154 valence electrons. The summed E-state index contributed by atoms with van der Waals surface area (Å²) in [5, 5.41) is 13.4. The molecule has 11 heteroatoms. The minimum absolute atomic E-state index is 0.0175. The maximum Gasteiger partial charge on any atom is 0.269 e. The van der Waals surface area contributed by atoms with E-state index in [-0.39, 0.29) is 23.0 Å². The van der Waals surface area contributed by atoms with Gasteiger partial charge in [0, 0.05) is 19.2 Å². The third-order valence-electron chi connectivity index (χ3n) is 4.14. The maximum absolute atomic E-state index is 12.3. The molecule has 0 aromatic heterocycles. The van der Waals surface area contributed by atoms with Gasteiger partial charge in [-0.15, -0.1) is 0 Å². The molecule has 2 aromatic carbocycles. The third-order valence-corrected chi connectivity index (χ3v) is 5.69. The minimum atomic E-state index is -0.568. The second kappa shape index (κ2) is 9.02. The normalized spacial score (nSPS) is 15.4. The lowest BCUT2D eigenvalue weighted by atomic mass is 10.1. The Morgan fingerprint density at radius 1 is 1.23 bits per heavy atom. The molecule has 0 aliphatic carbocycles. The Hall–Kier alpha value is -2.63. The number of nitrogens with zero attached hydrogens (tertiary/aromatic N) is 2. The number of nitro groups is 1. The number of non-ortho nitro benzene ring substituents is 1. The van der Waals surface area contributed by atoms with Crippen LogP contribution in [-0.4, -0.2) is 33.8 Å². The Morgan fingerprint density at radius 2 is 1.90 bits per heavy atom. The van der Waals surface area contributed by atoms with Gasteiger partial charge in [0.2, 0.25) is 0 Å². The largest absolute Gasteiger partial charge is 0.487 e. The van der Waals surface area contributed by atoms with E-state index < -0.39 is 16.7 Å². The smallest absolute Gasteiger partial charge is 0.269 e. The van der Waals surface area contributed by atoms with Gasteiger partial charge in [-0.25, -0.2) is 0 Å². The number of rotatable bonds is 5. The van der Waals surface area contributed by atoms with Crippen LogP contribution in [0.3, 0.4) is 0 Å². The number of ether oxygens (including phenoxy) is 1. The average Bonchev–Trinajstić information content (AvgIpc) is 2.69. The van der Waals surface area contributed by atoms with E-state index in [1.165, 1.54) is 30.2 Å². The zero-order chi connectivity index (χ0) is 22.0. The lowest BCUT2D eigenvalue weighted by Gasteiger charge is -2.25. The van der Waals surface area contributed by atoms with E-state index in [0.717, 1.165) is 0 Å². The number of carbonyl (C=O) groups excluding carboxylic acids is 2. The van der Waals surface area contributed by atoms with Gasteiger partial charge in [-0.3, -0.25) is 29.9 Å². The molecule has 1 heterocycles. The second-order valence-corrected chi connectivity index (χ2v) is 8.31. The quantitative estimate of drug-likeness (QED) is 0.197. The second-order valence-electron chi connectivity index (χ2n) is 6.21. The highest BCUT2D eigenvalue weighted by atomic mass is 79.9. The van der Waals surface area contributed by atoms with Gasteiger partial charge in [0.15, 0.2) is 5.11 Å². The highest BCUT2D eigenvalue weighted by Gasteiger charge is 2.30. The summed E-state index contributed by atoms with van der Waals surface area (Å²) >= 11 is 11.8. The average molecular weight is 555 g/mol. The zero-order valence-electron chi connectivity index (χ0n) is 15.3. The van der Waals surface area contributed by atoms with Crippen LogP contribution in [0, 0.1) is 10.1 Å². The maximum atomic E-state index is 12.3. The zero-order valence-corrected chi connectivity index (χ0v) is 19.3. The van der Waals surface area contributed by atoms with Crippen molar-refractivity contribution in [2.24, 2.45) is 0 Å². The fourth-order valence-corrected chi connectivity index (χ4v) is 4.25. The number of halogens is 2. The van der Waals surface area contributed by atoms with Crippen LogP contribution in [0.5, 0.6) is 5.75 Å². The van der Waals surface area contributed by atoms with Gasteiger partial charge in [0.25, 0.3) is 17.5 Å². The number of likely N-dealkylation sites (N-methyl/N-ethyl adjacent to an activating group) is 1. The van der Waals surface area contributed by atoms with Crippen LogP contribution >= 0.6 is 44.1 Å². The molecular formula is C19H13Br2N3O5S. The molecule has 1 fully saturated rings. The predicted molar refractivity (Wildman–Crippen MR) is 121 cm³/mol. The first-order valence-electron chi connectivity index (χ1n) is 8.37. The lowest BCUT2D eigenvalue weighted by molar-refractivity contribution is -0.384. The summed E-state index contributed by atoms with van der Waals surface area (Å²) in [7, 11) is 1.48. The molecule has 2 amide bonds. The SMILES string of the molecule is CN1C(=O)/C(=C/c2cc(Br)c(OCc3cccc([N+](=O)[O-])c3)c(Br)c2)C(=O)NC1=S. The van der Waals surface area contributed by atoms with Crippen molar-refractivity contribution < 1.29 is 19.2 Å². The highest BCUT2D eigenvalue weighted by Crippen LogP contribution is 2.36. The van der Waals surface area contributed by atoms with E-state index in [1.807, 2.05) is 0 Å². The molecule has 3 rings (SSSR count). The number of hydrogen-bond acceptors (Lipinski definition) is 6. The predicted octanol–water partition coefficient (Wildman–Crippen LogP) is 3.96. The number of carbonyl (C=O) groups is 2. The van der Waals surface area contributed by atoms with Crippen molar-refractivity contribution in [1.29, 1.82) is 0 Å². The number of hydrogen-bond donors (Lipinski definition) is 1. The van der Waals surface area contributed by atoms with E-state index in [4.69, 9.17) is 17.0 Å². The molecule has 0 unspecified atom stereocenters. The van der Waals surface area contributed by atoms with Crippen molar-refractivity contribution in [3.63, 3.8) is 0 Å². The topological polar surface area (TPSA) is 102 Å². The Kier molecular flexibility index (Phi) is 6.64. The lowest BCUT2D eigenvalue weighted by Crippen LogP contribution is -2.52. The van der Waals surface area contributed by atoms with E-state index in [2.05, 4.69) is 37.2 Å². The fourth-order valence-electron chi connectivity index (χ4n) is 2.63. The van der Waals surface area contributed by atoms with E-state index in [0.29, 0.717) is 25.8 Å². The first kappa shape index (κ1) is 22.1. The first-order chi connectivity index (χ1) is 14.2. The van der Waals surface area contributed by atoms with E-state index in [1.54, 1.807) is 24.3 Å². The summed E-state index contributed by atoms with van der Waals surface area (Å²) in [6.45, 7) is 0.114. The molecule has 1 aliphatic heterocycles. The molecule has 0 saturated carbocycles. The van der Waals surface area contributed by atoms with Gasteiger partial charge in [-0.1, -0.05) is 12.1 Å². The molecule has 1 aliphatic rings. The monoisotopic (exact) mass is 553 g/mol. The third kappa shape index (κ3) is 4.74. The van der Waals surface area contributed by atoms with Crippen molar-refractivity contribution in [3.05, 3.63) is 72.2 Å². The number of benzene rings is 2. The Labute approximate surface area is 193 Å². The Bertz CT molecular complexity index is 1100. The number of thiocarbonyl (C=S) groups is 1. The van der Waals surface area contributed by atoms with Crippen LogP contribution in [0.4, 0.5) is 5.69 Å². The van der Waals surface area contributed by atoms with Gasteiger partial charge in [-0.2, -0.15) is 0 Å². The molecule has 0 atom stereocenters. The molecule has 0 spiro atoms. The van der Waals surface area contributed by atoms with Gasteiger partial charge < -0.3 is 4.74 Å². The van der Waals surface area contributed by atoms with Crippen molar-refractivity contribution in [2.45, 2.75) is 6.61 Å². The van der Waals surface area contributed by atoms with E-state index >= 15 is 0 Å². The van der Waals surface area contributed by atoms with E-state index in [9.17, 15) is 19.7 Å². The van der Waals surface area contributed by atoms with Crippen LogP contribution in [-0.2, 0) is 16.2 Å². The van der Waals surface area contributed by atoms with Crippen LogP contribution in [0.15, 0.2) is 50.9 Å². The molecule has 1 saturated heterocycles. The standard InChI is InChI=1S/C19H13Br2N3O5S/c1-23-18(26)13(17(25)22-19(23)30)6-11-7-14(20)16(15(21)8-11)29-9-10-3-2-4-12(5-10)24(27)28/h2-8H,9H2,1H3,(H,22,25,30)/b13-6+. The summed E-state index contributed by atoms with van der Waals surface area (Å²) in [6.07, 6.45) is 1.45. The molecule has 2 aromatic rings. The molecular weight excluding hydrogens is 542 g/mol. The van der Waals surface area contributed by atoms with Gasteiger partial charge in [0.1, 0.15) is 17.9 Å². The number of nitro benzene ring substituents is 1. The fraction of sp³-hybridized carbons (Fsp3) is 0.105. The van der Waals surface area contributed by atoms with Crippen LogP contribution in [0.2, 0.25) is 0 Å². The summed E-state index contributed by atoms with van der Waals surface area (Å²) in [6, 6.07) is 9.54. The summed E-state index contributed by atoms with van der Waals surface area (Å²) in [5.41, 5.74) is 1.15. The first-order valence-corrected chi connectivity index (χ1v) is 10.4. The Balaban J connectivity index is 1.83. The van der Waals surface area contributed by atoms with Crippen molar-refractivity contribution >= 4 is 72.8 Å². The van der Waals surface area contributed by atoms with Gasteiger partial charge in [0.05, 0.1) is 13.9 Å². The molecule has 30 heavy (non-hydrogen) atoms. The summed E-state index contributed by atoms with van der Waals surface area (Å²) in [5.74, 6) is -0.593. The van der Waals surface area contributed by atoms with Gasteiger partial charge in [-0.05, 0) is 73.4 Å². The summed E-state index contributed by atoms with van der Waals surface area (Å²) in [4.78, 5) is 36.1. The number of amides is 2. The van der Waals surface area contributed by atoms with Gasteiger partial charge >= 0.3 is 0 Å². The van der Waals surface area contributed by atoms with Crippen molar-refractivity contribution in [2.75, 3.05) is 7.05 Å². The molecule has 8 nitrogen and oxygen atoms in total. The number of nitrogens with one attached hydrogen (secondary N) is 1. The van der Waals surface area contributed by atoms with Crippen LogP contribution in [0.25, 0.3) is 6.08 Å². The minimum Gasteiger partial charge on any atom is -0.487 e. The van der Waals surface area contributed by atoms with Crippen LogP contribution in [0.1, 0.15) is 11.1 Å². The molecule has 1 N–H and O–H groups in total. The molecule has 0 radical (unpaired) electrons. The summed E-state index contributed by atoms with van der Waals surface area (Å²) < 4.78 is 6.94. The Morgan fingerprint density at radius 3 is 2.53 bits per heavy atom.